The molecule has 0 aliphatic rings. The van der Waals surface area contributed by atoms with E-state index in [-0.39, 0.29) is 12.8 Å². The molecule has 0 saturated heterocycles. The van der Waals surface area contributed by atoms with Gasteiger partial charge in [0, 0.05) is 18.3 Å². The van der Waals surface area contributed by atoms with Gasteiger partial charge in [0.05, 0.1) is 20.0 Å². The highest BCUT2D eigenvalue weighted by atomic mass is 16.5. The molecule has 16 heavy (non-hydrogen) atoms. The summed E-state index contributed by atoms with van der Waals surface area (Å²) in [6.45, 7) is 0. The van der Waals surface area contributed by atoms with Crippen molar-refractivity contribution in [2.24, 2.45) is 0 Å². The molecule has 1 aromatic rings. The zero-order valence-corrected chi connectivity index (χ0v) is 8.79. The highest BCUT2D eigenvalue weighted by molar-refractivity contribution is 5.73. The third-order valence-electron chi connectivity index (χ3n) is 2.11. The van der Waals surface area contributed by atoms with Crippen molar-refractivity contribution in [2.45, 2.75) is 18.8 Å². The van der Waals surface area contributed by atoms with Gasteiger partial charge in [0.1, 0.15) is 6.33 Å². The molecule has 1 heterocycles. The van der Waals surface area contributed by atoms with Gasteiger partial charge in [0.15, 0.2) is 0 Å². The molecule has 0 fully saturated rings. The van der Waals surface area contributed by atoms with Crippen molar-refractivity contribution in [1.82, 2.24) is 9.97 Å². The zero-order valence-electron chi connectivity index (χ0n) is 8.79. The van der Waals surface area contributed by atoms with Crippen molar-refractivity contribution >= 4 is 11.9 Å². The molecule has 0 bridgehead atoms. The first-order valence-electron chi connectivity index (χ1n) is 4.67. The molecule has 1 N–H and O–H groups in total. The van der Waals surface area contributed by atoms with Gasteiger partial charge >= 0.3 is 11.9 Å². The second kappa shape index (κ2) is 5.79. The second-order valence-corrected chi connectivity index (χ2v) is 3.25. The van der Waals surface area contributed by atoms with E-state index in [1.807, 2.05) is 0 Å². The molecule has 0 aromatic carbocycles. The van der Waals surface area contributed by atoms with Crippen LogP contribution < -0.4 is 0 Å². The van der Waals surface area contributed by atoms with E-state index in [1.54, 1.807) is 0 Å². The van der Waals surface area contributed by atoms with E-state index in [9.17, 15) is 9.59 Å². The van der Waals surface area contributed by atoms with Crippen molar-refractivity contribution in [2.75, 3.05) is 7.11 Å². The van der Waals surface area contributed by atoms with Crippen molar-refractivity contribution in [3.05, 3.63) is 24.3 Å². The fraction of sp³-hybridized carbons (Fsp3) is 0.400. The average Bonchev–Trinajstić information content (AvgIpc) is 2.28. The molecule has 0 aliphatic carbocycles. The minimum Gasteiger partial charge on any atom is -0.481 e. The average molecular weight is 224 g/mol. The summed E-state index contributed by atoms with van der Waals surface area (Å²) in [6, 6.07) is 0. The highest BCUT2D eigenvalue weighted by Gasteiger charge is 2.20. The highest BCUT2D eigenvalue weighted by Crippen LogP contribution is 2.22. The molecule has 0 spiro atoms. The molecule has 1 rings (SSSR count). The summed E-state index contributed by atoms with van der Waals surface area (Å²) in [7, 11) is 1.27. The monoisotopic (exact) mass is 224 g/mol. The van der Waals surface area contributed by atoms with Crippen LogP contribution in [0.15, 0.2) is 18.7 Å². The maximum Gasteiger partial charge on any atom is 0.306 e. The van der Waals surface area contributed by atoms with Crippen LogP contribution in [0.3, 0.4) is 0 Å². The lowest BCUT2D eigenvalue weighted by Crippen LogP contribution is -2.13. The lowest BCUT2D eigenvalue weighted by molar-refractivity contribution is -0.141. The molecule has 0 saturated carbocycles. The smallest absolute Gasteiger partial charge is 0.306 e. The standard InChI is InChI=1S/C10H12N2O4/c1-16-10(15)3-7(2-9(13)14)8-4-11-6-12-5-8/h4-7H,2-3H2,1H3,(H,13,14). The molecular weight excluding hydrogens is 212 g/mol. The quantitative estimate of drug-likeness (QED) is 0.736. The van der Waals surface area contributed by atoms with Crippen LogP contribution in [-0.4, -0.2) is 34.1 Å². The Hall–Kier alpha value is -1.98. The Kier molecular flexibility index (Phi) is 4.38. The lowest BCUT2D eigenvalue weighted by atomic mass is 9.95. The SMILES string of the molecule is COC(=O)CC(CC(=O)O)c1cncnc1. The molecule has 0 amide bonds. The number of carboxylic acids is 1. The number of carboxylic acid groups (broad SMARTS) is 1. The van der Waals surface area contributed by atoms with E-state index in [2.05, 4.69) is 14.7 Å². The van der Waals surface area contributed by atoms with E-state index in [0.29, 0.717) is 5.56 Å². The molecule has 1 unspecified atom stereocenters. The normalized spacial score (nSPS) is 11.8. The molecule has 6 nitrogen and oxygen atoms in total. The van der Waals surface area contributed by atoms with Gasteiger partial charge < -0.3 is 9.84 Å². The minimum absolute atomic E-state index is 0.0101. The molecule has 1 atom stereocenters. The van der Waals surface area contributed by atoms with Crippen molar-refractivity contribution < 1.29 is 19.4 Å². The number of hydrogen-bond acceptors (Lipinski definition) is 5. The summed E-state index contributed by atoms with van der Waals surface area (Å²) >= 11 is 0. The van der Waals surface area contributed by atoms with Crippen LogP contribution in [0.2, 0.25) is 0 Å². The molecule has 86 valence electrons. The van der Waals surface area contributed by atoms with E-state index in [4.69, 9.17) is 5.11 Å². The summed E-state index contributed by atoms with van der Waals surface area (Å²) in [4.78, 5) is 29.4. The first kappa shape index (κ1) is 12.1. The number of carbonyl (C=O) groups is 2. The van der Waals surface area contributed by atoms with Crippen LogP contribution in [0.5, 0.6) is 0 Å². The minimum atomic E-state index is -0.974. The maximum atomic E-state index is 11.1. The first-order valence-corrected chi connectivity index (χ1v) is 4.67. The number of esters is 1. The van der Waals surface area contributed by atoms with Crippen LogP contribution in [0.1, 0.15) is 24.3 Å². The Morgan fingerprint density at radius 3 is 2.50 bits per heavy atom. The predicted octanol–water partition coefficient (Wildman–Crippen LogP) is 0.598. The molecule has 1 aromatic heterocycles. The summed E-state index contributed by atoms with van der Waals surface area (Å²) < 4.78 is 4.51. The molecule has 0 radical (unpaired) electrons. The maximum absolute atomic E-state index is 11.1. The predicted molar refractivity (Wildman–Crippen MR) is 53.7 cm³/mol. The van der Waals surface area contributed by atoms with Gasteiger partial charge in [-0.25, -0.2) is 9.97 Å². The van der Waals surface area contributed by atoms with Gasteiger partial charge in [0.2, 0.25) is 0 Å². The fourth-order valence-corrected chi connectivity index (χ4v) is 1.32. The lowest BCUT2D eigenvalue weighted by Gasteiger charge is -2.12. The topological polar surface area (TPSA) is 89.4 Å². The Labute approximate surface area is 92.3 Å². The second-order valence-electron chi connectivity index (χ2n) is 3.25. The Morgan fingerprint density at radius 1 is 1.38 bits per heavy atom. The number of carbonyl (C=O) groups excluding carboxylic acids is 1. The van der Waals surface area contributed by atoms with Gasteiger partial charge in [-0.2, -0.15) is 0 Å². The van der Waals surface area contributed by atoms with Crippen LogP contribution in [0.4, 0.5) is 0 Å². The fourth-order valence-electron chi connectivity index (χ4n) is 1.32. The van der Waals surface area contributed by atoms with Crippen LogP contribution in [-0.2, 0) is 14.3 Å². The summed E-state index contributed by atoms with van der Waals surface area (Å²) in [6.07, 6.45) is 4.21. The van der Waals surface area contributed by atoms with Gasteiger partial charge in [-0.1, -0.05) is 0 Å². The number of aromatic nitrogens is 2. The van der Waals surface area contributed by atoms with Gasteiger partial charge in [-0.15, -0.1) is 0 Å². The number of aliphatic carboxylic acids is 1. The van der Waals surface area contributed by atoms with E-state index >= 15 is 0 Å². The molecule has 6 heteroatoms. The molecular formula is C10H12N2O4. The Morgan fingerprint density at radius 2 is 2.00 bits per heavy atom. The third kappa shape index (κ3) is 3.64. The third-order valence-corrected chi connectivity index (χ3v) is 2.11. The van der Waals surface area contributed by atoms with Gasteiger partial charge in [-0.3, -0.25) is 9.59 Å². The Balaban J connectivity index is 2.79. The van der Waals surface area contributed by atoms with Crippen LogP contribution in [0.25, 0.3) is 0 Å². The summed E-state index contributed by atoms with van der Waals surface area (Å²) in [5, 5.41) is 8.74. The van der Waals surface area contributed by atoms with Crippen LogP contribution in [0, 0.1) is 0 Å². The van der Waals surface area contributed by atoms with E-state index < -0.39 is 17.9 Å². The number of ether oxygens (including phenoxy) is 1. The Bertz CT molecular complexity index is 366. The van der Waals surface area contributed by atoms with Gasteiger partial charge in [0.25, 0.3) is 0 Å². The van der Waals surface area contributed by atoms with Gasteiger partial charge in [-0.05, 0) is 5.56 Å². The largest absolute Gasteiger partial charge is 0.481 e. The van der Waals surface area contributed by atoms with Crippen molar-refractivity contribution in [3.63, 3.8) is 0 Å². The number of rotatable bonds is 5. The van der Waals surface area contributed by atoms with Crippen molar-refractivity contribution in [3.8, 4) is 0 Å². The zero-order chi connectivity index (χ0) is 12.0. The summed E-state index contributed by atoms with van der Waals surface area (Å²) in [5.41, 5.74) is 0.621. The van der Waals surface area contributed by atoms with Crippen molar-refractivity contribution in [1.29, 1.82) is 0 Å². The van der Waals surface area contributed by atoms with E-state index in [1.165, 1.54) is 25.8 Å². The summed E-state index contributed by atoms with van der Waals surface area (Å²) in [5.74, 6) is -1.88. The number of nitrogens with zero attached hydrogens (tertiary/aromatic N) is 2. The number of hydrogen-bond donors (Lipinski definition) is 1. The van der Waals surface area contributed by atoms with Crippen LogP contribution >= 0.6 is 0 Å². The van der Waals surface area contributed by atoms with E-state index in [0.717, 1.165) is 0 Å². The first-order chi connectivity index (χ1) is 7.63. The number of methoxy groups -OCH3 is 1. The molecule has 0 aliphatic heterocycles.